The molecule has 2 aromatic carbocycles. The highest BCUT2D eigenvalue weighted by Crippen LogP contribution is 2.37. The number of hydrogen-bond acceptors (Lipinski definition) is 3. The number of carbonyl (C=O) groups excluding carboxylic acids is 1. The predicted octanol–water partition coefficient (Wildman–Crippen LogP) is 3.39. The summed E-state index contributed by atoms with van der Waals surface area (Å²) < 4.78 is 7.55. The second-order valence-electron chi connectivity index (χ2n) is 5.92. The van der Waals surface area contributed by atoms with Crippen LogP contribution in [0.5, 0.6) is 5.75 Å². The molecule has 0 saturated heterocycles. The Bertz CT molecular complexity index is 944. The first-order chi connectivity index (χ1) is 11.6. The van der Waals surface area contributed by atoms with Gasteiger partial charge in [0.05, 0.1) is 23.4 Å². The smallest absolute Gasteiger partial charge is 0.262 e. The van der Waals surface area contributed by atoms with Crippen molar-refractivity contribution in [3.8, 4) is 28.3 Å². The molecule has 0 atom stereocenters. The van der Waals surface area contributed by atoms with Crippen LogP contribution in [0.2, 0.25) is 0 Å². The van der Waals surface area contributed by atoms with Gasteiger partial charge in [0.1, 0.15) is 5.75 Å². The van der Waals surface area contributed by atoms with Gasteiger partial charge in [0.15, 0.2) is 6.61 Å². The summed E-state index contributed by atoms with van der Waals surface area (Å²) in [5, 5.41) is 2.82. The summed E-state index contributed by atoms with van der Waals surface area (Å²) in [7, 11) is 1.98. The lowest BCUT2D eigenvalue weighted by Gasteiger charge is -2.19. The molecule has 1 amide bonds. The molecule has 0 unspecified atom stereocenters. The van der Waals surface area contributed by atoms with Crippen LogP contribution < -0.4 is 10.1 Å². The summed E-state index contributed by atoms with van der Waals surface area (Å²) in [4.78, 5) is 16.0. The van der Waals surface area contributed by atoms with E-state index in [-0.39, 0.29) is 12.5 Å². The Balaban J connectivity index is 1.85. The van der Waals surface area contributed by atoms with Crippen LogP contribution >= 0.6 is 0 Å². The summed E-state index contributed by atoms with van der Waals surface area (Å²) in [6.45, 7) is 2.13. The summed E-state index contributed by atoms with van der Waals surface area (Å²) in [5.74, 6) is 0.556. The number of ether oxygens (including phenoxy) is 1. The summed E-state index contributed by atoms with van der Waals surface area (Å²) in [5.41, 5.74) is 5.96. The third-order valence-corrected chi connectivity index (χ3v) is 4.23. The van der Waals surface area contributed by atoms with Gasteiger partial charge < -0.3 is 14.6 Å². The number of nitrogens with one attached hydrogen (secondary N) is 1. The summed E-state index contributed by atoms with van der Waals surface area (Å²) in [6.07, 6.45) is 1.82. The molecule has 24 heavy (non-hydrogen) atoms. The maximum atomic E-state index is 11.4. The topological polar surface area (TPSA) is 56.2 Å². The lowest BCUT2D eigenvalue weighted by atomic mass is 10.0. The van der Waals surface area contributed by atoms with Gasteiger partial charge in [0, 0.05) is 18.2 Å². The Morgan fingerprint density at radius 1 is 1.21 bits per heavy atom. The van der Waals surface area contributed by atoms with Crippen molar-refractivity contribution in [2.75, 3.05) is 11.9 Å². The van der Waals surface area contributed by atoms with Crippen LogP contribution in [0.15, 0.2) is 48.8 Å². The molecular formula is C19H17N3O2. The van der Waals surface area contributed by atoms with Crippen molar-refractivity contribution >= 4 is 11.6 Å². The van der Waals surface area contributed by atoms with Crippen LogP contribution in [-0.4, -0.2) is 22.1 Å². The standard InChI is InChI=1S/C19H17N3O2/c1-12-5-3-4-6-14(12)18-19(22(2)11-20-18)13-7-8-15-16(9-13)24-10-17(23)21-15/h3-9,11H,10H2,1-2H3,(H,21,23). The maximum absolute atomic E-state index is 11.4. The molecule has 5 nitrogen and oxygen atoms in total. The van der Waals surface area contributed by atoms with Crippen molar-refractivity contribution in [2.45, 2.75) is 6.92 Å². The van der Waals surface area contributed by atoms with Gasteiger partial charge in [0.2, 0.25) is 0 Å². The molecule has 0 radical (unpaired) electrons. The van der Waals surface area contributed by atoms with Crippen LogP contribution in [0.1, 0.15) is 5.56 Å². The SMILES string of the molecule is Cc1ccccc1-c1ncn(C)c1-c1ccc2c(c1)OCC(=O)N2. The van der Waals surface area contributed by atoms with Crippen molar-refractivity contribution in [2.24, 2.45) is 7.05 Å². The molecule has 120 valence electrons. The highest BCUT2D eigenvalue weighted by molar-refractivity contribution is 5.96. The molecule has 0 bridgehead atoms. The Kier molecular flexibility index (Phi) is 3.34. The van der Waals surface area contributed by atoms with Gasteiger partial charge in [0.25, 0.3) is 5.91 Å². The van der Waals surface area contributed by atoms with Crippen molar-refractivity contribution in [3.05, 3.63) is 54.4 Å². The Morgan fingerprint density at radius 2 is 2.04 bits per heavy atom. The monoisotopic (exact) mass is 319 g/mol. The van der Waals surface area contributed by atoms with E-state index in [0.29, 0.717) is 11.4 Å². The quantitative estimate of drug-likeness (QED) is 0.787. The van der Waals surface area contributed by atoms with E-state index in [2.05, 4.69) is 29.4 Å². The van der Waals surface area contributed by atoms with Crippen molar-refractivity contribution < 1.29 is 9.53 Å². The molecule has 1 aromatic heterocycles. The number of fused-ring (bicyclic) bond motifs is 1. The molecule has 0 saturated carbocycles. The molecule has 1 aliphatic heterocycles. The van der Waals surface area contributed by atoms with E-state index in [1.54, 1.807) is 0 Å². The van der Waals surface area contributed by atoms with Crippen molar-refractivity contribution in [3.63, 3.8) is 0 Å². The molecular weight excluding hydrogens is 302 g/mol. The van der Waals surface area contributed by atoms with Crippen LogP contribution in [0.3, 0.4) is 0 Å². The number of amides is 1. The van der Waals surface area contributed by atoms with Gasteiger partial charge in [-0.15, -0.1) is 0 Å². The Morgan fingerprint density at radius 3 is 2.88 bits per heavy atom. The van der Waals surface area contributed by atoms with Gasteiger partial charge in [-0.3, -0.25) is 4.79 Å². The summed E-state index contributed by atoms with van der Waals surface area (Å²) in [6, 6.07) is 14.0. The van der Waals surface area contributed by atoms with Gasteiger partial charge in [-0.2, -0.15) is 0 Å². The largest absolute Gasteiger partial charge is 0.482 e. The van der Waals surface area contributed by atoms with E-state index < -0.39 is 0 Å². The number of nitrogens with zero attached hydrogens (tertiary/aromatic N) is 2. The molecule has 0 spiro atoms. The van der Waals surface area contributed by atoms with Crippen LogP contribution in [-0.2, 0) is 11.8 Å². The average Bonchev–Trinajstić information content (AvgIpc) is 2.96. The van der Waals surface area contributed by atoms with E-state index in [1.807, 2.05) is 48.3 Å². The molecule has 1 aliphatic rings. The molecule has 1 N–H and O–H groups in total. The van der Waals surface area contributed by atoms with Gasteiger partial charge in [-0.25, -0.2) is 4.98 Å². The number of anilines is 1. The van der Waals surface area contributed by atoms with Crippen molar-refractivity contribution in [1.29, 1.82) is 0 Å². The lowest BCUT2D eigenvalue weighted by molar-refractivity contribution is -0.118. The first kappa shape index (κ1) is 14.5. The fraction of sp³-hybridized carbons (Fsp3) is 0.158. The summed E-state index contributed by atoms with van der Waals surface area (Å²) >= 11 is 0. The Labute approximate surface area is 139 Å². The van der Waals surface area contributed by atoms with Crippen LogP contribution in [0.25, 0.3) is 22.5 Å². The van der Waals surface area contributed by atoms with Crippen LogP contribution in [0, 0.1) is 6.92 Å². The lowest BCUT2D eigenvalue weighted by Crippen LogP contribution is -2.25. The predicted molar refractivity (Wildman–Crippen MR) is 92.9 cm³/mol. The zero-order chi connectivity index (χ0) is 16.7. The molecule has 0 aliphatic carbocycles. The second kappa shape index (κ2) is 5.53. The first-order valence-electron chi connectivity index (χ1n) is 7.78. The minimum atomic E-state index is -0.128. The minimum absolute atomic E-state index is 0.0481. The zero-order valence-corrected chi connectivity index (χ0v) is 13.5. The van der Waals surface area contributed by atoms with Gasteiger partial charge >= 0.3 is 0 Å². The number of hydrogen-bond donors (Lipinski definition) is 1. The number of aryl methyl sites for hydroxylation is 2. The van der Waals surface area contributed by atoms with E-state index in [0.717, 1.165) is 22.5 Å². The fourth-order valence-electron chi connectivity index (χ4n) is 3.03. The number of carbonyl (C=O) groups is 1. The molecule has 0 fully saturated rings. The van der Waals surface area contributed by atoms with E-state index in [9.17, 15) is 4.79 Å². The first-order valence-corrected chi connectivity index (χ1v) is 7.78. The average molecular weight is 319 g/mol. The maximum Gasteiger partial charge on any atom is 0.262 e. The van der Waals surface area contributed by atoms with Crippen LogP contribution in [0.4, 0.5) is 5.69 Å². The van der Waals surface area contributed by atoms with Crippen molar-refractivity contribution in [1.82, 2.24) is 9.55 Å². The molecule has 5 heteroatoms. The fourth-order valence-corrected chi connectivity index (χ4v) is 3.03. The highest BCUT2D eigenvalue weighted by atomic mass is 16.5. The molecule has 2 heterocycles. The zero-order valence-electron chi connectivity index (χ0n) is 13.5. The minimum Gasteiger partial charge on any atom is -0.482 e. The second-order valence-corrected chi connectivity index (χ2v) is 5.92. The number of imidazole rings is 1. The third-order valence-electron chi connectivity index (χ3n) is 4.23. The van der Waals surface area contributed by atoms with E-state index in [4.69, 9.17) is 4.74 Å². The van der Waals surface area contributed by atoms with E-state index >= 15 is 0 Å². The van der Waals surface area contributed by atoms with Gasteiger partial charge in [-0.05, 0) is 24.6 Å². The number of rotatable bonds is 2. The molecule has 3 aromatic rings. The normalized spacial score (nSPS) is 13.2. The highest BCUT2D eigenvalue weighted by Gasteiger charge is 2.19. The Hall–Kier alpha value is -3.08. The third kappa shape index (κ3) is 2.34. The van der Waals surface area contributed by atoms with E-state index in [1.165, 1.54) is 5.56 Å². The number of aromatic nitrogens is 2. The number of benzene rings is 2. The van der Waals surface area contributed by atoms with Gasteiger partial charge in [-0.1, -0.05) is 30.3 Å². The molecule has 4 rings (SSSR count).